The van der Waals surface area contributed by atoms with E-state index in [0.717, 1.165) is 16.8 Å². The zero-order chi connectivity index (χ0) is 11.9. The third kappa shape index (κ3) is 1.71. The Hall–Kier alpha value is -1.71. The average Bonchev–Trinajstić information content (AvgIpc) is 2.15. The van der Waals surface area contributed by atoms with Crippen molar-refractivity contribution in [1.29, 1.82) is 0 Å². The number of nitrogens with one attached hydrogen (secondary N) is 1. The van der Waals surface area contributed by atoms with E-state index in [1.807, 2.05) is 26.0 Å². The first-order chi connectivity index (χ1) is 7.49. The predicted molar refractivity (Wildman–Crippen MR) is 61.1 cm³/mol. The minimum Gasteiger partial charge on any atom is -0.478 e. The third-order valence-electron chi connectivity index (χ3n) is 2.74. The summed E-state index contributed by atoms with van der Waals surface area (Å²) in [4.78, 5) is 11.0. The average molecular weight is 221 g/mol. The minimum atomic E-state index is -0.939. The number of carboxylic acids is 1. The number of hydrogen-bond donors (Lipinski definition) is 2. The van der Waals surface area contributed by atoms with Crippen molar-refractivity contribution >= 4 is 11.7 Å². The quantitative estimate of drug-likeness (QED) is 0.761. The number of aryl methyl sites for hydroxylation is 2. The number of ether oxygens (including phenoxy) is 1. The van der Waals surface area contributed by atoms with Crippen LogP contribution in [-0.4, -0.2) is 23.2 Å². The van der Waals surface area contributed by atoms with Gasteiger partial charge in [-0.25, -0.2) is 4.79 Å². The highest BCUT2D eigenvalue weighted by Crippen LogP contribution is 2.35. The molecule has 0 spiro atoms. The van der Waals surface area contributed by atoms with Gasteiger partial charge in [0.05, 0.1) is 11.7 Å². The first-order valence-electron chi connectivity index (χ1n) is 5.26. The largest absolute Gasteiger partial charge is 0.478 e. The van der Waals surface area contributed by atoms with E-state index in [4.69, 9.17) is 9.84 Å². The molecule has 4 heteroatoms. The van der Waals surface area contributed by atoms with Crippen LogP contribution in [0, 0.1) is 13.8 Å². The molecule has 2 atom stereocenters. The van der Waals surface area contributed by atoms with Gasteiger partial charge < -0.3 is 15.2 Å². The smallest absolute Gasteiger partial charge is 0.347 e. The molecule has 1 aromatic rings. The van der Waals surface area contributed by atoms with E-state index in [1.54, 1.807) is 6.92 Å². The lowest BCUT2D eigenvalue weighted by Crippen LogP contribution is -2.45. The fourth-order valence-corrected chi connectivity index (χ4v) is 2.03. The van der Waals surface area contributed by atoms with Crippen molar-refractivity contribution in [1.82, 2.24) is 0 Å². The summed E-state index contributed by atoms with van der Waals surface area (Å²) in [5, 5.41) is 12.2. The first kappa shape index (κ1) is 10.8. The molecule has 1 aliphatic rings. The molecule has 0 saturated heterocycles. The summed E-state index contributed by atoms with van der Waals surface area (Å²) in [5.41, 5.74) is 2.97. The highest BCUT2D eigenvalue weighted by Gasteiger charge is 2.32. The topological polar surface area (TPSA) is 58.6 Å². The number of fused-ring (bicyclic) bond motifs is 1. The molecular formula is C12H15NO3. The molecule has 86 valence electrons. The third-order valence-corrected chi connectivity index (χ3v) is 2.74. The molecule has 0 fully saturated rings. The fourth-order valence-electron chi connectivity index (χ4n) is 2.03. The van der Waals surface area contributed by atoms with Crippen molar-refractivity contribution in [2.24, 2.45) is 0 Å². The number of hydrogen-bond acceptors (Lipinski definition) is 3. The highest BCUT2D eigenvalue weighted by atomic mass is 16.5. The number of carboxylic acid groups (broad SMARTS) is 1. The predicted octanol–water partition coefficient (Wildman–Crippen LogP) is 1.95. The number of benzene rings is 1. The van der Waals surface area contributed by atoms with Gasteiger partial charge in [-0.1, -0.05) is 6.07 Å². The monoisotopic (exact) mass is 221 g/mol. The van der Waals surface area contributed by atoms with Gasteiger partial charge in [0.1, 0.15) is 5.75 Å². The first-order valence-corrected chi connectivity index (χ1v) is 5.26. The van der Waals surface area contributed by atoms with Crippen LogP contribution in [0.2, 0.25) is 0 Å². The Bertz CT molecular complexity index is 442. The lowest BCUT2D eigenvalue weighted by Gasteiger charge is -2.31. The van der Waals surface area contributed by atoms with Gasteiger partial charge in [0.25, 0.3) is 0 Å². The van der Waals surface area contributed by atoms with E-state index < -0.39 is 12.1 Å². The molecule has 0 amide bonds. The van der Waals surface area contributed by atoms with Gasteiger partial charge in [-0.05, 0) is 38.0 Å². The van der Waals surface area contributed by atoms with Crippen LogP contribution in [0.25, 0.3) is 0 Å². The van der Waals surface area contributed by atoms with Gasteiger partial charge in [-0.3, -0.25) is 0 Å². The lowest BCUT2D eigenvalue weighted by atomic mass is 10.0. The van der Waals surface area contributed by atoms with Crippen LogP contribution in [-0.2, 0) is 4.79 Å². The molecule has 0 bridgehead atoms. The second kappa shape index (κ2) is 3.70. The molecule has 2 N–H and O–H groups in total. The van der Waals surface area contributed by atoms with Crippen molar-refractivity contribution in [3.05, 3.63) is 23.3 Å². The van der Waals surface area contributed by atoms with E-state index in [0.29, 0.717) is 5.75 Å². The number of rotatable bonds is 1. The van der Waals surface area contributed by atoms with Crippen LogP contribution >= 0.6 is 0 Å². The van der Waals surface area contributed by atoms with Gasteiger partial charge in [0, 0.05) is 0 Å². The lowest BCUT2D eigenvalue weighted by molar-refractivity contribution is -0.145. The summed E-state index contributed by atoms with van der Waals surface area (Å²) in [6.45, 7) is 5.73. The summed E-state index contributed by atoms with van der Waals surface area (Å²) in [7, 11) is 0. The zero-order valence-electron chi connectivity index (χ0n) is 9.57. The maximum Gasteiger partial charge on any atom is 0.347 e. The summed E-state index contributed by atoms with van der Waals surface area (Å²) >= 11 is 0. The standard InChI is InChI=1S/C12H15NO3/c1-6-4-7(2)10-9(5-6)13-8(3)11(16-10)12(14)15/h4-5,8,11,13H,1-3H3,(H,14,15). The normalized spacial score (nSPS) is 22.9. The van der Waals surface area contributed by atoms with Crippen LogP contribution in [0.1, 0.15) is 18.1 Å². The van der Waals surface area contributed by atoms with E-state index >= 15 is 0 Å². The Morgan fingerprint density at radius 2 is 2.12 bits per heavy atom. The molecule has 1 heterocycles. The van der Waals surface area contributed by atoms with Gasteiger partial charge in [0.15, 0.2) is 0 Å². The molecule has 1 aliphatic heterocycles. The molecule has 0 radical (unpaired) electrons. The van der Waals surface area contributed by atoms with Crippen molar-refractivity contribution in [3.8, 4) is 5.75 Å². The molecule has 0 aliphatic carbocycles. The second-order valence-electron chi connectivity index (χ2n) is 4.27. The minimum absolute atomic E-state index is 0.230. The highest BCUT2D eigenvalue weighted by molar-refractivity contribution is 5.77. The Morgan fingerprint density at radius 1 is 1.44 bits per heavy atom. The van der Waals surface area contributed by atoms with Crippen molar-refractivity contribution in [2.75, 3.05) is 5.32 Å². The molecule has 0 saturated carbocycles. The van der Waals surface area contributed by atoms with E-state index in [9.17, 15) is 4.79 Å². The zero-order valence-corrected chi connectivity index (χ0v) is 9.57. The van der Waals surface area contributed by atoms with Crippen molar-refractivity contribution in [2.45, 2.75) is 32.9 Å². The van der Waals surface area contributed by atoms with Crippen LogP contribution in [0.5, 0.6) is 5.75 Å². The Balaban J connectivity index is 2.43. The fraction of sp³-hybridized carbons (Fsp3) is 0.417. The van der Waals surface area contributed by atoms with Crippen LogP contribution in [0.15, 0.2) is 12.1 Å². The summed E-state index contributed by atoms with van der Waals surface area (Å²) in [6.07, 6.45) is -0.825. The SMILES string of the molecule is Cc1cc(C)c2c(c1)NC(C)C(C(=O)O)O2. The second-order valence-corrected chi connectivity index (χ2v) is 4.27. The molecule has 16 heavy (non-hydrogen) atoms. The van der Waals surface area contributed by atoms with Gasteiger partial charge in [0.2, 0.25) is 6.10 Å². The van der Waals surface area contributed by atoms with E-state index in [-0.39, 0.29) is 6.04 Å². The Kier molecular flexibility index (Phi) is 2.50. The Morgan fingerprint density at radius 3 is 2.75 bits per heavy atom. The maximum atomic E-state index is 11.0. The number of carbonyl (C=O) groups is 1. The number of aliphatic carboxylic acids is 1. The maximum absolute atomic E-state index is 11.0. The Labute approximate surface area is 94.2 Å². The van der Waals surface area contributed by atoms with Crippen LogP contribution in [0.4, 0.5) is 5.69 Å². The summed E-state index contributed by atoms with van der Waals surface area (Å²) < 4.78 is 5.53. The molecular weight excluding hydrogens is 206 g/mol. The van der Waals surface area contributed by atoms with Crippen LogP contribution in [0.3, 0.4) is 0 Å². The molecule has 4 nitrogen and oxygen atoms in total. The van der Waals surface area contributed by atoms with Gasteiger partial charge in [-0.15, -0.1) is 0 Å². The molecule has 2 unspecified atom stereocenters. The van der Waals surface area contributed by atoms with Crippen molar-refractivity contribution in [3.63, 3.8) is 0 Å². The molecule has 0 aromatic heterocycles. The van der Waals surface area contributed by atoms with Crippen molar-refractivity contribution < 1.29 is 14.6 Å². The van der Waals surface area contributed by atoms with Gasteiger partial charge >= 0.3 is 5.97 Å². The molecule has 2 rings (SSSR count). The summed E-state index contributed by atoms with van der Waals surface area (Å²) in [6, 6.07) is 3.72. The number of anilines is 1. The molecule has 1 aromatic carbocycles. The van der Waals surface area contributed by atoms with E-state index in [2.05, 4.69) is 5.32 Å². The van der Waals surface area contributed by atoms with Gasteiger partial charge in [-0.2, -0.15) is 0 Å². The van der Waals surface area contributed by atoms with Crippen LogP contribution < -0.4 is 10.1 Å². The summed E-state index contributed by atoms with van der Waals surface area (Å²) in [5.74, 6) is -0.290. The van der Waals surface area contributed by atoms with E-state index in [1.165, 1.54) is 0 Å².